The van der Waals surface area contributed by atoms with E-state index >= 15 is 0 Å². The first kappa shape index (κ1) is 8.89. The molecular formula is C6H13NO4. The van der Waals surface area contributed by atoms with E-state index in [9.17, 15) is 0 Å². The smallest absolute Gasteiger partial charge is 0.108 e. The minimum absolute atomic E-state index is 0.323. The van der Waals surface area contributed by atoms with Gasteiger partial charge in [0.05, 0.1) is 18.8 Å². The maximum absolute atomic E-state index is 9.15. The van der Waals surface area contributed by atoms with Crippen LogP contribution < -0.4 is 5.73 Å². The maximum Gasteiger partial charge on any atom is 0.108 e. The summed E-state index contributed by atoms with van der Waals surface area (Å²) in [4.78, 5) is 0. The van der Waals surface area contributed by atoms with E-state index in [0.29, 0.717) is 0 Å². The Bertz CT molecular complexity index is 129. The Morgan fingerprint density at radius 1 is 1.00 bits per heavy atom. The fourth-order valence-electron chi connectivity index (χ4n) is 1.39. The van der Waals surface area contributed by atoms with Gasteiger partial charge in [-0.3, -0.25) is 0 Å². The first-order valence-corrected chi connectivity index (χ1v) is 3.50. The molecule has 1 aliphatic carbocycles. The van der Waals surface area contributed by atoms with Crippen LogP contribution in [0.1, 0.15) is 0 Å². The molecule has 11 heavy (non-hydrogen) atoms. The Balaban J connectivity index is 2.69. The van der Waals surface area contributed by atoms with Crippen LogP contribution in [0, 0.1) is 5.92 Å². The molecule has 0 aliphatic heterocycles. The molecule has 0 bridgehead atoms. The van der Waals surface area contributed by atoms with Crippen LogP contribution in [0.15, 0.2) is 0 Å². The van der Waals surface area contributed by atoms with Crippen LogP contribution in [-0.4, -0.2) is 51.4 Å². The fraction of sp³-hybridized carbons (Fsp3) is 1.00. The highest BCUT2D eigenvalue weighted by atomic mass is 16.4. The zero-order valence-electron chi connectivity index (χ0n) is 5.96. The third kappa shape index (κ3) is 1.25. The summed E-state index contributed by atoms with van der Waals surface area (Å²) in [6.45, 7) is -0.323. The Morgan fingerprint density at radius 3 is 1.73 bits per heavy atom. The summed E-state index contributed by atoms with van der Waals surface area (Å²) in [6, 6.07) is -0.745. The van der Waals surface area contributed by atoms with Crippen molar-refractivity contribution in [2.24, 2.45) is 11.7 Å². The monoisotopic (exact) mass is 163 g/mol. The minimum atomic E-state index is -1.23. The van der Waals surface area contributed by atoms with Gasteiger partial charge in [0.25, 0.3) is 0 Å². The second kappa shape index (κ2) is 3.04. The number of rotatable bonds is 1. The van der Waals surface area contributed by atoms with Crippen LogP contribution in [0.2, 0.25) is 0 Å². The van der Waals surface area contributed by atoms with Gasteiger partial charge in [-0.25, -0.2) is 0 Å². The quantitative estimate of drug-likeness (QED) is 0.283. The molecular weight excluding hydrogens is 150 g/mol. The van der Waals surface area contributed by atoms with Gasteiger partial charge < -0.3 is 26.2 Å². The van der Waals surface area contributed by atoms with E-state index in [1.165, 1.54) is 0 Å². The molecule has 5 heteroatoms. The van der Waals surface area contributed by atoms with Crippen LogP contribution >= 0.6 is 0 Å². The molecule has 6 N–H and O–H groups in total. The predicted octanol–water partition coefficient (Wildman–Crippen LogP) is -2.98. The van der Waals surface area contributed by atoms with Crippen LogP contribution in [0.25, 0.3) is 0 Å². The van der Waals surface area contributed by atoms with Gasteiger partial charge in [-0.2, -0.15) is 0 Å². The van der Waals surface area contributed by atoms with Gasteiger partial charge in [0.1, 0.15) is 6.10 Å². The lowest BCUT2D eigenvalue weighted by atomic mass is 10.0. The van der Waals surface area contributed by atoms with E-state index in [-0.39, 0.29) is 6.61 Å². The lowest BCUT2D eigenvalue weighted by Gasteiger charge is -2.15. The summed E-state index contributed by atoms with van der Waals surface area (Å²) in [5.74, 6) is -0.625. The molecule has 1 aliphatic rings. The molecule has 5 nitrogen and oxygen atoms in total. The number of hydrogen-bond donors (Lipinski definition) is 5. The van der Waals surface area contributed by atoms with Crippen molar-refractivity contribution in [1.29, 1.82) is 0 Å². The topological polar surface area (TPSA) is 107 Å². The summed E-state index contributed by atoms with van der Waals surface area (Å²) in [7, 11) is 0. The Kier molecular flexibility index (Phi) is 2.46. The highest BCUT2D eigenvalue weighted by Gasteiger charge is 2.46. The first-order chi connectivity index (χ1) is 5.09. The summed E-state index contributed by atoms with van der Waals surface area (Å²) in [6.07, 6.45) is -3.49. The molecule has 0 amide bonds. The van der Waals surface area contributed by atoms with Crippen molar-refractivity contribution in [2.75, 3.05) is 6.61 Å². The zero-order chi connectivity index (χ0) is 8.59. The number of aliphatic hydroxyl groups is 4. The Morgan fingerprint density at radius 2 is 1.55 bits per heavy atom. The number of hydrogen-bond acceptors (Lipinski definition) is 5. The lowest BCUT2D eigenvalue weighted by Crippen LogP contribution is -2.39. The molecule has 0 aromatic carbocycles. The largest absolute Gasteiger partial charge is 0.396 e. The summed E-state index contributed by atoms with van der Waals surface area (Å²) in [5.41, 5.74) is 5.38. The average Bonchev–Trinajstić information content (AvgIpc) is 2.17. The first-order valence-electron chi connectivity index (χ1n) is 3.50. The molecule has 0 radical (unpaired) electrons. The van der Waals surface area contributed by atoms with Gasteiger partial charge in [-0.1, -0.05) is 0 Å². The van der Waals surface area contributed by atoms with Crippen molar-refractivity contribution in [3.63, 3.8) is 0 Å². The number of aliphatic hydroxyl groups excluding tert-OH is 4. The van der Waals surface area contributed by atoms with Gasteiger partial charge in [-0.05, 0) is 0 Å². The summed E-state index contributed by atoms with van der Waals surface area (Å²) in [5, 5.41) is 36.0. The Labute approximate surface area is 64.1 Å². The van der Waals surface area contributed by atoms with Crippen LogP contribution in [0.5, 0.6) is 0 Å². The number of nitrogens with two attached hydrogens (primary N) is 1. The molecule has 66 valence electrons. The fourth-order valence-corrected chi connectivity index (χ4v) is 1.39. The van der Waals surface area contributed by atoms with E-state index in [0.717, 1.165) is 0 Å². The van der Waals surface area contributed by atoms with Crippen LogP contribution in [0.4, 0.5) is 0 Å². The van der Waals surface area contributed by atoms with E-state index in [2.05, 4.69) is 0 Å². The lowest BCUT2D eigenvalue weighted by molar-refractivity contribution is -0.0307. The van der Waals surface area contributed by atoms with E-state index in [4.69, 9.17) is 26.2 Å². The third-order valence-electron chi connectivity index (χ3n) is 2.24. The molecule has 0 heterocycles. The summed E-state index contributed by atoms with van der Waals surface area (Å²) < 4.78 is 0. The molecule has 0 unspecified atom stereocenters. The van der Waals surface area contributed by atoms with E-state index < -0.39 is 30.3 Å². The SMILES string of the molecule is N[C@H]1[C@H](O)[C@@H](O)[C@H](O)[C@@H]1CO. The van der Waals surface area contributed by atoms with Crippen molar-refractivity contribution in [2.45, 2.75) is 24.4 Å². The van der Waals surface area contributed by atoms with Crippen LogP contribution in [0.3, 0.4) is 0 Å². The predicted molar refractivity (Wildman–Crippen MR) is 36.6 cm³/mol. The standard InChI is InChI=1S/C6H13NO4/c7-3-2(1-8)4(9)6(11)5(3)10/h2-6,8-11H,1,7H2/t2-,3-,4-,5+,6+/m1/s1. The maximum atomic E-state index is 9.15. The van der Waals surface area contributed by atoms with Gasteiger partial charge in [-0.15, -0.1) is 0 Å². The van der Waals surface area contributed by atoms with Crippen molar-refractivity contribution in [3.05, 3.63) is 0 Å². The van der Waals surface area contributed by atoms with Gasteiger partial charge in [0, 0.05) is 12.0 Å². The zero-order valence-corrected chi connectivity index (χ0v) is 5.96. The normalized spacial score (nSPS) is 51.5. The molecule has 0 saturated heterocycles. The minimum Gasteiger partial charge on any atom is -0.396 e. The molecule has 0 spiro atoms. The molecule has 0 aromatic heterocycles. The van der Waals surface area contributed by atoms with E-state index in [1.807, 2.05) is 0 Å². The second-order valence-corrected chi connectivity index (χ2v) is 2.90. The average molecular weight is 163 g/mol. The highest BCUT2D eigenvalue weighted by Crippen LogP contribution is 2.25. The molecule has 1 saturated carbocycles. The van der Waals surface area contributed by atoms with Gasteiger partial charge in [0.2, 0.25) is 0 Å². The van der Waals surface area contributed by atoms with E-state index in [1.54, 1.807) is 0 Å². The molecule has 5 atom stereocenters. The van der Waals surface area contributed by atoms with Crippen molar-refractivity contribution >= 4 is 0 Å². The molecule has 1 rings (SSSR count). The molecule has 1 fully saturated rings. The highest BCUT2D eigenvalue weighted by molar-refractivity contribution is 4.99. The van der Waals surface area contributed by atoms with Gasteiger partial charge >= 0.3 is 0 Å². The summed E-state index contributed by atoms with van der Waals surface area (Å²) >= 11 is 0. The van der Waals surface area contributed by atoms with Crippen molar-refractivity contribution in [1.82, 2.24) is 0 Å². The van der Waals surface area contributed by atoms with Crippen molar-refractivity contribution in [3.8, 4) is 0 Å². The molecule has 0 aromatic rings. The second-order valence-electron chi connectivity index (χ2n) is 2.90. The third-order valence-corrected chi connectivity index (χ3v) is 2.24. The van der Waals surface area contributed by atoms with Crippen LogP contribution in [-0.2, 0) is 0 Å². The Hall–Kier alpha value is -0.200. The van der Waals surface area contributed by atoms with Crippen molar-refractivity contribution < 1.29 is 20.4 Å². The van der Waals surface area contributed by atoms with Gasteiger partial charge in [0.15, 0.2) is 0 Å².